The molecule has 0 fully saturated rings. The Bertz CT molecular complexity index is 1000. The Balaban J connectivity index is 1.38. The van der Waals surface area contributed by atoms with E-state index in [1.165, 1.54) is 5.56 Å². The maximum absolute atomic E-state index is 12.6. The topological polar surface area (TPSA) is 77.1 Å². The van der Waals surface area contributed by atoms with E-state index in [1.54, 1.807) is 13.1 Å². The molecule has 3 aromatic rings. The summed E-state index contributed by atoms with van der Waals surface area (Å²) in [6.07, 6.45) is 6.36. The van der Waals surface area contributed by atoms with E-state index in [0.717, 1.165) is 18.8 Å². The van der Waals surface area contributed by atoms with Gasteiger partial charge in [-0.1, -0.05) is 30.3 Å². The zero-order chi connectivity index (χ0) is 19.5. The first-order valence-electron chi connectivity index (χ1n) is 9.61. The highest BCUT2D eigenvalue weighted by Crippen LogP contribution is 2.29. The Labute approximate surface area is 163 Å². The number of rotatable bonds is 6. The molecule has 144 valence electrons. The lowest BCUT2D eigenvalue weighted by molar-refractivity contribution is 0.0919. The molecule has 0 atom stereocenters. The summed E-state index contributed by atoms with van der Waals surface area (Å²) in [5.74, 6) is 1.62. The fourth-order valence-corrected chi connectivity index (χ4v) is 3.73. The fourth-order valence-electron chi connectivity index (χ4n) is 3.73. The molecule has 4 rings (SSSR count). The highest BCUT2D eigenvalue weighted by molar-refractivity contribution is 6.03. The van der Waals surface area contributed by atoms with E-state index in [4.69, 9.17) is 4.42 Å². The first kappa shape index (κ1) is 18.2. The van der Waals surface area contributed by atoms with Crippen molar-refractivity contribution in [1.29, 1.82) is 0 Å². The highest BCUT2D eigenvalue weighted by Gasteiger charge is 2.28. The van der Waals surface area contributed by atoms with Crippen molar-refractivity contribution in [3.05, 3.63) is 76.8 Å². The van der Waals surface area contributed by atoms with Crippen LogP contribution in [-0.2, 0) is 19.4 Å². The summed E-state index contributed by atoms with van der Waals surface area (Å²) in [6, 6.07) is 10.2. The van der Waals surface area contributed by atoms with Crippen molar-refractivity contribution in [3.8, 4) is 0 Å². The highest BCUT2D eigenvalue weighted by atomic mass is 16.4. The third-order valence-electron chi connectivity index (χ3n) is 5.14. The molecule has 2 heterocycles. The molecule has 0 saturated carbocycles. The molecule has 0 unspecified atom stereocenters. The van der Waals surface area contributed by atoms with Gasteiger partial charge in [0.1, 0.15) is 11.6 Å². The average Bonchev–Trinajstić information content (AvgIpc) is 3.27. The molecule has 0 bridgehead atoms. The minimum Gasteiger partial charge on any atom is -0.455 e. The number of hydrogen-bond acceptors (Lipinski definition) is 4. The number of ketones is 1. The smallest absolute Gasteiger partial charge is 0.287 e. The number of Topliss-reactive ketones (excluding diaryl/α,β-unsaturated/α-hetero) is 1. The van der Waals surface area contributed by atoms with E-state index in [1.807, 2.05) is 24.4 Å². The summed E-state index contributed by atoms with van der Waals surface area (Å²) in [5, 5.41) is 2.90. The molecule has 0 saturated heterocycles. The van der Waals surface area contributed by atoms with Crippen molar-refractivity contribution >= 4 is 11.7 Å². The Morgan fingerprint density at radius 3 is 2.86 bits per heavy atom. The van der Waals surface area contributed by atoms with Gasteiger partial charge in [0.2, 0.25) is 0 Å². The number of hydrogen-bond donors (Lipinski definition) is 1. The maximum Gasteiger partial charge on any atom is 0.287 e. The van der Waals surface area contributed by atoms with Crippen LogP contribution in [0.4, 0.5) is 0 Å². The number of imidazole rings is 1. The van der Waals surface area contributed by atoms with Gasteiger partial charge in [0, 0.05) is 50.3 Å². The van der Waals surface area contributed by atoms with Crippen molar-refractivity contribution in [1.82, 2.24) is 14.9 Å². The van der Waals surface area contributed by atoms with Gasteiger partial charge in [-0.05, 0) is 18.9 Å². The largest absolute Gasteiger partial charge is 0.455 e. The monoisotopic (exact) mass is 377 g/mol. The lowest BCUT2D eigenvalue weighted by Gasteiger charge is -2.09. The van der Waals surface area contributed by atoms with Crippen molar-refractivity contribution in [2.75, 3.05) is 6.54 Å². The van der Waals surface area contributed by atoms with Crippen molar-refractivity contribution in [3.63, 3.8) is 0 Å². The molecule has 1 aliphatic rings. The molecule has 1 N–H and O–H groups in total. The second-order valence-corrected chi connectivity index (χ2v) is 7.09. The second-order valence-electron chi connectivity index (χ2n) is 7.09. The SMILES string of the molecule is Cc1c(C(=O)NCCc2nccn2Cc2ccccc2)oc2c1C(=O)CCC2. The normalized spacial score (nSPS) is 13.4. The van der Waals surface area contributed by atoms with E-state index >= 15 is 0 Å². The Hall–Kier alpha value is -3.15. The van der Waals surface area contributed by atoms with Crippen LogP contribution in [0.5, 0.6) is 0 Å². The summed E-state index contributed by atoms with van der Waals surface area (Å²) in [7, 11) is 0. The molecule has 1 amide bonds. The van der Waals surface area contributed by atoms with E-state index in [2.05, 4.69) is 27.0 Å². The molecule has 0 radical (unpaired) electrons. The summed E-state index contributed by atoms with van der Waals surface area (Å²) >= 11 is 0. The van der Waals surface area contributed by atoms with Crippen LogP contribution < -0.4 is 5.32 Å². The van der Waals surface area contributed by atoms with Gasteiger partial charge in [0.05, 0.1) is 5.56 Å². The molecule has 0 aliphatic heterocycles. The van der Waals surface area contributed by atoms with Gasteiger partial charge in [0.25, 0.3) is 5.91 Å². The van der Waals surface area contributed by atoms with Crippen LogP contribution in [0.25, 0.3) is 0 Å². The first-order chi connectivity index (χ1) is 13.6. The van der Waals surface area contributed by atoms with Crippen LogP contribution in [0, 0.1) is 6.92 Å². The van der Waals surface area contributed by atoms with Crippen LogP contribution in [0.3, 0.4) is 0 Å². The van der Waals surface area contributed by atoms with Crippen LogP contribution in [0.1, 0.15) is 56.5 Å². The predicted molar refractivity (Wildman–Crippen MR) is 105 cm³/mol. The van der Waals surface area contributed by atoms with Gasteiger partial charge < -0.3 is 14.3 Å². The standard InChI is InChI=1S/C22H23N3O3/c1-15-20-17(26)8-5-9-18(20)28-21(15)22(27)24-11-10-19-23-12-13-25(19)14-16-6-3-2-4-7-16/h2-4,6-7,12-13H,5,8-11,14H2,1H3,(H,24,27). The van der Waals surface area contributed by atoms with Crippen molar-refractivity contribution in [2.45, 2.75) is 39.2 Å². The van der Waals surface area contributed by atoms with Crippen LogP contribution >= 0.6 is 0 Å². The van der Waals surface area contributed by atoms with Gasteiger partial charge in [-0.3, -0.25) is 9.59 Å². The van der Waals surface area contributed by atoms with Gasteiger partial charge in [-0.25, -0.2) is 4.98 Å². The minimum absolute atomic E-state index is 0.0736. The van der Waals surface area contributed by atoms with Gasteiger partial charge in [-0.2, -0.15) is 0 Å². The molecular formula is C22H23N3O3. The summed E-state index contributed by atoms with van der Waals surface area (Å²) in [4.78, 5) is 29.1. The minimum atomic E-state index is -0.277. The third kappa shape index (κ3) is 3.63. The number of amides is 1. The van der Waals surface area contributed by atoms with E-state index in [-0.39, 0.29) is 17.5 Å². The Morgan fingerprint density at radius 1 is 1.25 bits per heavy atom. The number of carbonyl (C=O) groups is 2. The van der Waals surface area contributed by atoms with Crippen LogP contribution in [0.2, 0.25) is 0 Å². The number of fused-ring (bicyclic) bond motifs is 1. The molecule has 0 spiro atoms. The summed E-state index contributed by atoms with van der Waals surface area (Å²) in [6.45, 7) is 2.98. The summed E-state index contributed by atoms with van der Waals surface area (Å²) < 4.78 is 7.79. The number of benzene rings is 1. The molecule has 1 aliphatic carbocycles. The second kappa shape index (κ2) is 7.84. The van der Waals surface area contributed by atoms with Crippen LogP contribution in [0.15, 0.2) is 47.1 Å². The van der Waals surface area contributed by atoms with Crippen molar-refractivity contribution in [2.24, 2.45) is 0 Å². The predicted octanol–water partition coefficient (Wildman–Crippen LogP) is 3.32. The van der Waals surface area contributed by atoms with Gasteiger partial charge in [-0.15, -0.1) is 0 Å². The van der Waals surface area contributed by atoms with E-state index in [9.17, 15) is 9.59 Å². The first-order valence-corrected chi connectivity index (χ1v) is 9.61. The lowest BCUT2D eigenvalue weighted by Crippen LogP contribution is -2.26. The zero-order valence-corrected chi connectivity index (χ0v) is 15.9. The molecule has 6 nitrogen and oxygen atoms in total. The molecule has 28 heavy (non-hydrogen) atoms. The number of furan rings is 1. The molecule has 6 heteroatoms. The van der Waals surface area contributed by atoms with E-state index < -0.39 is 0 Å². The number of aromatic nitrogens is 2. The zero-order valence-electron chi connectivity index (χ0n) is 15.9. The number of nitrogens with zero attached hydrogens (tertiary/aromatic N) is 2. The molecular weight excluding hydrogens is 354 g/mol. The third-order valence-corrected chi connectivity index (χ3v) is 5.14. The number of carbonyl (C=O) groups excluding carboxylic acids is 2. The average molecular weight is 377 g/mol. The van der Waals surface area contributed by atoms with Crippen LogP contribution in [-0.4, -0.2) is 27.8 Å². The summed E-state index contributed by atoms with van der Waals surface area (Å²) in [5.41, 5.74) is 2.46. The Morgan fingerprint density at radius 2 is 2.07 bits per heavy atom. The fraction of sp³-hybridized carbons (Fsp3) is 0.318. The maximum atomic E-state index is 12.6. The molecule has 1 aromatic carbocycles. The lowest BCUT2D eigenvalue weighted by atomic mass is 9.94. The number of aryl methyl sites for hydroxylation is 1. The van der Waals surface area contributed by atoms with Crippen molar-refractivity contribution < 1.29 is 14.0 Å². The van der Waals surface area contributed by atoms with E-state index in [0.29, 0.717) is 42.7 Å². The van der Waals surface area contributed by atoms with Gasteiger partial charge in [0.15, 0.2) is 11.5 Å². The van der Waals surface area contributed by atoms with Gasteiger partial charge >= 0.3 is 0 Å². The Kier molecular flexibility index (Phi) is 5.10. The molecule has 2 aromatic heterocycles. The number of nitrogens with one attached hydrogen (secondary N) is 1. The quantitative estimate of drug-likeness (QED) is 0.715.